The summed E-state index contributed by atoms with van der Waals surface area (Å²) in [5, 5.41) is 0. The second kappa shape index (κ2) is 6.97. The van der Waals surface area contributed by atoms with Crippen molar-refractivity contribution in [2.45, 2.75) is 26.7 Å². The Morgan fingerprint density at radius 2 is 1.90 bits per heavy atom. The van der Waals surface area contributed by atoms with Gasteiger partial charge in [0, 0.05) is 5.69 Å². The molecule has 1 aromatic carbocycles. The quantitative estimate of drug-likeness (QED) is 0.829. The first-order valence-corrected chi connectivity index (χ1v) is 7.12. The van der Waals surface area contributed by atoms with E-state index in [1.165, 1.54) is 5.56 Å². The molecule has 0 aliphatic heterocycles. The second-order valence-corrected chi connectivity index (χ2v) is 4.90. The van der Waals surface area contributed by atoms with E-state index in [1.54, 1.807) is 14.0 Å². The molecule has 0 spiro atoms. The third kappa shape index (κ3) is 3.88. The largest absolute Gasteiger partial charge is 0.497 e. The van der Waals surface area contributed by atoms with Crippen LogP contribution in [0.25, 0.3) is 0 Å². The number of hydrogen-bond donors (Lipinski definition) is 1. The molecular weight excluding hydrogens is 266 g/mol. The van der Waals surface area contributed by atoms with Gasteiger partial charge >= 0.3 is 5.97 Å². The summed E-state index contributed by atoms with van der Waals surface area (Å²) in [5.41, 5.74) is 3.94. The van der Waals surface area contributed by atoms with Crippen LogP contribution in [0.3, 0.4) is 0 Å². The number of rotatable bonds is 6. The number of hydrogen-bond acceptors (Lipinski definition) is 3. The van der Waals surface area contributed by atoms with Crippen LogP contribution in [-0.4, -0.2) is 24.7 Å². The molecule has 0 bridgehead atoms. The van der Waals surface area contributed by atoms with E-state index in [4.69, 9.17) is 9.47 Å². The van der Waals surface area contributed by atoms with Crippen LogP contribution >= 0.6 is 0 Å². The van der Waals surface area contributed by atoms with Crippen molar-refractivity contribution >= 4 is 5.97 Å². The van der Waals surface area contributed by atoms with Crippen LogP contribution in [0.15, 0.2) is 30.3 Å². The van der Waals surface area contributed by atoms with Gasteiger partial charge < -0.3 is 14.5 Å². The number of aromatic amines is 1. The number of carbonyl (C=O) groups excluding carboxylic acids is 1. The Labute approximate surface area is 125 Å². The van der Waals surface area contributed by atoms with Crippen LogP contribution in [0.5, 0.6) is 5.75 Å². The molecule has 0 fully saturated rings. The molecular formula is C17H21NO3. The highest BCUT2D eigenvalue weighted by atomic mass is 16.5. The monoisotopic (exact) mass is 287 g/mol. The molecule has 0 aliphatic carbocycles. The molecule has 0 atom stereocenters. The summed E-state index contributed by atoms with van der Waals surface area (Å²) in [6.07, 6.45) is 1.80. The number of ether oxygens (including phenoxy) is 2. The van der Waals surface area contributed by atoms with Crippen LogP contribution in [0.2, 0.25) is 0 Å². The Kier molecular flexibility index (Phi) is 5.04. The Balaban J connectivity index is 2.00. The number of aromatic nitrogens is 1. The van der Waals surface area contributed by atoms with E-state index in [0.29, 0.717) is 12.3 Å². The molecule has 2 rings (SSSR count). The molecule has 0 saturated heterocycles. The minimum atomic E-state index is -0.295. The third-order valence-corrected chi connectivity index (χ3v) is 3.46. The maximum absolute atomic E-state index is 11.7. The van der Waals surface area contributed by atoms with E-state index in [-0.39, 0.29) is 5.97 Å². The van der Waals surface area contributed by atoms with Crippen LogP contribution in [-0.2, 0) is 17.6 Å². The predicted molar refractivity (Wildman–Crippen MR) is 81.9 cm³/mol. The normalized spacial score (nSPS) is 10.4. The van der Waals surface area contributed by atoms with Crippen molar-refractivity contribution < 1.29 is 14.3 Å². The fourth-order valence-electron chi connectivity index (χ4n) is 2.25. The molecule has 4 heteroatoms. The maximum Gasteiger partial charge on any atom is 0.354 e. The molecule has 1 aromatic heterocycles. The van der Waals surface area contributed by atoms with Gasteiger partial charge in [0.15, 0.2) is 0 Å². The highest BCUT2D eigenvalue weighted by molar-refractivity contribution is 5.87. The van der Waals surface area contributed by atoms with Crippen molar-refractivity contribution in [2.24, 2.45) is 0 Å². The first-order valence-electron chi connectivity index (χ1n) is 7.12. The summed E-state index contributed by atoms with van der Waals surface area (Å²) in [6.45, 7) is 4.17. The van der Waals surface area contributed by atoms with Crippen molar-refractivity contribution in [1.29, 1.82) is 0 Å². The standard InChI is InChI=1S/C17H21NO3/c1-4-21-17(19)16-11-14(12(2)18-16)8-5-13-6-9-15(20-3)10-7-13/h6-7,9-11,18H,4-5,8H2,1-3H3. The summed E-state index contributed by atoms with van der Waals surface area (Å²) in [4.78, 5) is 14.8. The number of aryl methyl sites for hydroxylation is 3. The topological polar surface area (TPSA) is 51.3 Å². The number of esters is 1. The number of nitrogens with one attached hydrogen (secondary N) is 1. The second-order valence-electron chi connectivity index (χ2n) is 4.90. The zero-order chi connectivity index (χ0) is 15.2. The van der Waals surface area contributed by atoms with Gasteiger partial charge in [0.2, 0.25) is 0 Å². The van der Waals surface area contributed by atoms with Crippen LogP contribution in [0, 0.1) is 6.92 Å². The lowest BCUT2D eigenvalue weighted by Crippen LogP contribution is -2.04. The molecule has 1 N–H and O–H groups in total. The van der Waals surface area contributed by atoms with Gasteiger partial charge in [0.25, 0.3) is 0 Å². The van der Waals surface area contributed by atoms with Gasteiger partial charge in [0.05, 0.1) is 13.7 Å². The smallest absolute Gasteiger partial charge is 0.354 e. The van der Waals surface area contributed by atoms with Crippen molar-refractivity contribution in [1.82, 2.24) is 4.98 Å². The Hall–Kier alpha value is -2.23. The molecule has 21 heavy (non-hydrogen) atoms. The minimum Gasteiger partial charge on any atom is -0.497 e. The van der Waals surface area contributed by atoms with E-state index in [1.807, 2.05) is 25.1 Å². The highest BCUT2D eigenvalue weighted by Crippen LogP contribution is 2.16. The lowest BCUT2D eigenvalue weighted by molar-refractivity contribution is 0.0520. The van der Waals surface area contributed by atoms with Gasteiger partial charge in [0.1, 0.15) is 11.4 Å². The molecule has 112 valence electrons. The van der Waals surface area contributed by atoms with Crippen molar-refractivity contribution in [3.63, 3.8) is 0 Å². The van der Waals surface area contributed by atoms with Crippen LogP contribution in [0.1, 0.15) is 34.2 Å². The summed E-state index contributed by atoms with van der Waals surface area (Å²) in [7, 11) is 1.66. The van der Waals surface area contributed by atoms with E-state index < -0.39 is 0 Å². The van der Waals surface area contributed by atoms with Crippen molar-refractivity contribution in [3.8, 4) is 5.75 Å². The zero-order valence-corrected chi connectivity index (χ0v) is 12.7. The third-order valence-electron chi connectivity index (χ3n) is 3.46. The van der Waals surface area contributed by atoms with E-state index in [9.17, 15) is 4.79 Å². The maximum atomic E-state index is 11.7. The first-order chi connectivity index (χ1) is 10.1. The van der Waals surface area contributed by atoms with Gasteiger partial charge in [-0.3, -0.25) is 0 Å². The zero-order valence-electron chi connectivity index (χ0n) is 12.7. The SMILES string of the molecule is CCOC(=O)c1cc(CCc2ccc(OC)cc2)c(C)[nH]1. The fraction of sp³-hybridized carbons (Fsp3) is 0.353. The summed E-state index contributed by atoms with van der Waals surface area (Å²) < 4.78 is 10.1. The molecule has 0 amide bonds. The molecule has 4 nitrogen and oxygen atoms in total. The fourth-order valence-corrected chi connectivity index (χ4v) is 2.25. The van der Waals surface area contributed by atoms with Crippen molar-refractivity contribution in [3.05, 3.63) is 52.8 Å². The molecule has 1 heterocycles. The average Bonchev–Trinajstić information content (AvgIpc) is 2.87. The summed E-state index contributed by atoms with van der Waals surface area (Å²) >= 11 is 0. The average molecular weight is 287 g/mol. The molecule has 0 unspecified atom stereocenters. The summed E-state index contributed by atoms with van der Waals surface area (Å²) in [6, 6.07) is 9.93. The van der Waals surface area contributed by atoms with E-state index in [2.05, 4.69) is 17.1 Å². The molecule has 0 aliphatic rings. The minimum absolute atomic E-state index is 0.295. The van der Waals surface area contributed by atoms with E-state index >= 15 is 0 Å². The molecule has 0 saturated carbocycles. The Morgan fingerprint density at radius 3 is 2.52 bits per heavy atom. The van der Waals surface area contributed by atoms with Gasteiger partial charge in [-0.25, -0.2) is 4.79 Å². The predicted octanol–water partition coefficient (Wildman–Crippen LogP) is 3.29. The lowest BCUT2D eigenvalue weighted by atomic mass is 10.0. The molecule has 2 aromatic rings. The lowest BCUT2D eigenvalue weighted by Gasteiger charge is -2.03. The number of methoxy groups -OCH3 is 1. The van der Waals surface area contributed by atoms with Gasteiger partial charge in [-0.15, -0.1) is 0 Å². The van der Waals surface area contributed by atoms with Crippen LogP contribution in [0.4, 0.5) is 0 Å². The summed E-state index contributed by atoms with van der Waals surface area (Å²) in [5.74, 6) is 0.567. The Bertz CT molecular complexity index is 599. The Morgan fingerprint density at radius 1 is 1.19 bits per heavy atom. The number of carbonyl (C=O) groups is 1. The van der Waals surface area contributed by atoms with Crippen LogP contribution < -0.4 is 4.74 Å². The molecule has 0 radical (unpaired) electrons. The van der Waals surface area contributed by atoms with E-state index in [0.717, 1.165) is 29.8 Å². The number of benzene rings is 1. The first kappa shape index (κ1) is 15.2. The van der Waals surface area contributed by atoms with Gasteiger partial charge in [-0.1, -0.05) is 12.1 Å². The number of H-pyrrole nitrogens is 1. The van der Waals surface area contributed by atoms with Gasteiger partial charge in [-0.05, 0) is 56.0 Å². The van der Waals surface area contributed by atoms with Crippen molar-refractivity contribution in [2.75, 3.05) is 13.7 Å². The van der Waals surface area contributed by atoms with Gasteiger partial charge in [-0.2, -0.15) is 0 Å². The highest BCUT2D eigenvalue weighted by Gasteiger charge is 2.12.